The van der Waals surface area contributed by atoms with Crippen LogP contribution in [0.1, 0.15) is 106 Å². The quantitative estimate of drug-likeness (QED) is 0.127. The van der Waals surface area contributed by atoms with Crippen molar-refractivity contribution in [2.75, 3.05) is 55.1 Å². The average molecular weight is 951 g/mol. The first-order valence-electron chi connectivity index (χ1n) is 24.5. The Morgan fingerprint density at radius 1 is 1.01 bits per heavy atom. The SMILES string of the molecule is CC[C@H]1OC(=O)CC[C@H](C)[C@@H](OC(C)(C)[C@@H]2C=C(C)[C@@H](O)C(N(C)C)C2OC)[C@@H](CCN2CC(c3ccccc3)N=N2)C[C@@H](C)C(=O)/C=C/C(C)=C/[C@@H]1CO[C@@H]1OC(C)C(O)=C(OC)[C@@]1(C)OC. The van der Waals surface area contributed by atoms with Gasteiger partial charge in [0.25, 0.3) is 0 Å². The molecule has 0 aromatic heterocycles. The fourth-order valence-electron chi connectivity index (χ4n) is 10.5. The van der Waals surface area contributed by atoms with Gasteiger partial charge in [0.2, 0.25) is 0 Å². The van der Waals surface area contributed by atoms with Crippen LogP contribution in [0.4, 0.5) is 0 Å². The fraction of sp³-hybridized carbons (Fsp3) is 0.698. The van der Waals surface area contributed by atoms with Crippen molar-refractivity contribution < 1.29 is 53.0 Å². The first-order chi connectivity index (χ1) is 32.2. The number of carbonyl (C=O) groups excluding carboxylic acids is 2. The number of allylic oxidation sites excluding steroid dienone is 3. The largest absolute Gasteiger partial charge is 0.506 e. The van der Waals surface area contributed by atoms with E-state index in [0.29, 0.717) is 38.8 Å². The highest BCUT2D eigenvalue weighted by atomic mass is 16.7. The molecule has 4 aliphatic rings. The van der Waals surface area contributed by atoms with Crippen molar-refractivity contribution in [2.24, 2.45) is 39.9 Å². The van der Waals surface area contributed by atoms with E-state index in [0.717, 1.165) is 16.7 Å². The summed E-state index contributed by atoms with van der Waals surface area (Å²) >= 11 is 0. The fourth-order valence-corrected chi connectivity index (χ4v) is 10.5. The third kappa shape index (κ3) is 13.1. The smallest absolute Gasteiger partial charge is 0.306 e. The lowest BCUT2D eigenvalue weighted by atomic mass is 9.73. The molecule has 14 atom stereocenters. The first-order valence-corrected chi connectivity index (χ1v) is 24.5. The van der Waals surface area contributed by atoms with E-state index in [1.165, 1.54) is 14.2 Å². The Bertz CT molecular complexity index is 1990. The minimum atomic E-state index is -1.26. The van der Waals surface area contributed by atoms with Gasteiger partial charge in [0.1, 0.15) is 18.2 Å². The number of esters is 1. The van der Waals surface area contributed by atoms with Gasteiger partial charge in [0, 0.05) is 44.9 Å². The zero-order valence-electron chi connectivity index (χ0n) is 43.2. The summed E-state index contributed by atoms with van der Waals surface area (Å²) in [7, 11) is 8.54. The molecule has 1 aliphatic carbocycles. The molecule has 1 aromatic rings. The second-order valence-corrected chi connectivity index (χ2v) is 20.4. The Morgan fingerprint density at radius 2 is 1.72 bits per heavy atom. The molecule has 0 radical (unpaired) electrons. The monoisotopic (exact) mass is 951 g/mol. The number of benzene rings is 1. The van der Waals surface area contributed by atoms with Gasteiger partial charge in [0.05, 0.1) is 50.2 Å². The van der Waals surface area contributed by atoms with Gasteiger partial charge in [-0.25, -0.2) is 0 Å². The van der Waals surface area contributed by atoms with Gasteiger partial charge in [-0.3, -0.25) is 14.6 Å². The van der Waals surface area contributed by atoms with Gasteiger partial charge < -0.3 is 48.3 Å². The van der Waals surface area contributed by atoms with Crippen molar-refractivity contribution in [2.45, 2.75) is 155 Å². The van der Waals surface area contributed by atoms with Crippen molar-refractivity contribution >= 4 is 11.8 Å². The van der Waals surface area contributed by atoms with Crippen LogP contribution in [0, 0.1) is 29.6 Å². The van der Waals surface area contributed by atoms with Crippen molar-refractivity contribution in [3.63, 3.8) is 0 Å². The van der Waals surface area contributed by atoms with Crippen LogP contribution in [0.5, 0.6) is 0 Å². The van der Waals surface area contributed by atoms with Gasteiger partial charge in [0.15, 0.2) is 29.2 Å². The summed E-state index contributed by atoms with van der Waals surface area (Å²) in [5.74, 6) is -1.54. The number of nitrogens with zero attached hydrogens (tertiary/aromatic N) is 4. The molecule has 0 amide bonds. The lowest BCUT2D eigenvalue weighted by Gasteiger charge is -2.49. The average Bonchev–Trinajstić information content (AvgIpc) is 3.79. The van der Waals surface area contributed by atoms with Gasteiger partial charge in [-0.1, -0.05) is 80.1 Å². The molecular formula is C53H82N4O11. The minimum Gasteiger partial charge on any atom is -0.506 e. The van der Waals surface area contributed by atoms with Crippen LogP contribution in [-0.4, -0.2) is 141 Å². The standard InChI is InChI=1S/C53H82N4O11/c1-15-43-39(31-65-51-53(9,64-14)50(63-13)47(61)36(6)66-51)27-32(2)21-23-42(58)34(4)28-38(25-26-57-30-41(54-55-57)37-19-17-16-18-20-37)48(33(3)22-24-44(59)67-43)68-52(7,8)40-29-35(5)46(60)45(56(10)11)49(40)62-12/h16-21,23,27,29,33-34,36,38-41,43,45-46,48-49,51,60-61H,15,22,24-26,28,30-31H2,1-14H3/b23-21+,32-27+/t33-,34+,36?,38-,39+,40+,41?,43+,45?,46+,48+,49?,51+,53+/m0/s1. The number of aliphatic hydroxyl groups excluding tert-OH is 2. The zero-order chi connectivity index (χ0) is 50.1. The summed E-state index contributed by atoms with van der Waals surface area (Å²) in [5.41, 5.74) is 0.684. The Kier molecular flexibility index (Phi) is 19.6. The van der Waals surface area contributed by atoms with E-state index < -0.39 is 47.8 Å². The van der Waals surface area contributed by atoms with Crippen molar-refractivity contribution in [1.82, 2.24) is 9.91 Å². The number of ketones is 1. The van der Waals surface area contributed by atoms with Crippen LogP contribution in [0.15, 0.2) is 87.6 Å². The molecule has 68 heavy (non-hydrogen) atoms. The third-order valence-corrected chi connectivity index (χ3v) is 14.7. The summed E-state index contributed by atoms with van der Waals surface area (Å²) in [6, 6.07) is 9.79. The number of methoxy groups -OCH3 is 3. The van der Waals surface area contributed by atoms with Crippen molar-refractivity contribution in [3.05, 3.63) is 82.9 Å². The molecule has 4 unspecified atom stereocenters. The summed E-state index contributed by atoms with van der Waals surface area (Å²) in [5, 5.41) is 33.4. The van der Waals surface area contributed by atoms with Crippen LogP contribution < -0.4 is 0 Å². The second kappa shape index (κ2) is 24.2. The Morgan fingerprint density at radius 3 is 2.35 bits per heavy atom. The van der Waals surface area contributed by atoms with E-state index in [-0.39, 0.29) is 78.2 Å². The highest BCUT2D eigenvalue weighted by Gasteiger charge is 2.50. The van der Waals surface area contributed by atoms with Crippen LogP contribution in [-0.2, 0) is 42.7 Å². The van der Waals surface area contributed by atoms with Gasteiger partial charge in [-0.15, -0.1) is 0 Å². The topological polar surface area (TPSA) is 170 Å². The lowest BCUT2D eigenvalue weighted by Crippen LogP contribution is -2.59. The molecule has 1 aromatic carbocycles. The summed E-state index contributed by atoms with van der Waals surface area (Å²) < 4.78 is 44.0. The Balaban J connectivity index is 1.48. The van der Waals surface area contributed by atoms with E-state index in [9.17, 15) is 19.8 Å². The van der Waals surface area contributed by atoms with Crippen LogP contribution in [0.3, 0.4) is 0 Å². The zero-order valence-corrected chi connectivity index (χ0v) is 43.2. The first kappa shape index (κ1) is 55.0. The van der Waals surface area contributed by atoms with Crippen molar-refractivity contribution in [3.8, 4) is 0 Å². The van der Waals surface area contributed by atoms with Crippen LogP contribution in [0.25, 0.3) is 0 Å². The number of carbonyl (C=O) groups is 2. The molecule has 2 N–H and O–H groups in total. The summed E-state index contributed by atoms with van der Waals surface area (Å²) in [6.07, 6.45) is 6.04. The molecule has 15 heteroatoms. The minimum absolute atomic E-state index is 0.0102. The van der Waals surface area contributed by atoms with Crippen LogP contribution in [0.2, 0.25) is 0 Å². The van der Waals surface area contributed by atoms with Gasteiger partial charge in [-0.2, -0.15) is 5.11 Å². The number of aliphatic hydroxyl groups is 2. The molecule has 380 valence electrons. The molecule has 3 aliphatic heterocycles. The molecule has 3 heterocycles. The number of rotatable bonds is 15. The predicted octanol–water partition coefficient (Wildman–Crippen LogP) is 8.51. The summed E-state index contributed by atoms with van der Waals surface area (Å²) in [6.45, 7) is 18.8. The number of ether oxygens (including phenoxy) is 7. The van der Waals surface area contributed by atoms with E-state index in [1.54, 1.807) is 27.0 Å². The summed E-state index contributed by atoms with van der Waals surface area (Å²) in [4.78, 5) is 30.3. The lowest BCUT2D eigenvalue weighted by molar-refractivity contribution is -0.269. The normalized spacial score (nSPS) is 36.1. The maximum atomic E-state index is 14.2. The van der Waals surface area contributed by atoms with Gasteiger partial charge in [-0.05, 0) is 110 Å². The maximum Gasteiger partial charge on any atom is 0.306 e. The molecule has 0 bridgehead atoms. The number of hydrogen-bond donors (Lipinski definition) is 2. The molecule has 0 fully saturated rings. The Labute approximate surface area is 405 Å². The molecular weight excluding hydrogens is 869 g/mol. The molecule has 0 saturated carbocycles. The number of cyclic esters (lactones) is 1. The second-order valence-electron chi connectivity index (χ2n) is 20.4. The predicted molar refractivity (Wildman–Crippen MR) is 260 cm³/mol. The molecule has 15 nitrogen and oxygen atoms in total. The Hall–Kier alpha value is -3.96. The molecule has 0 spiro atoms. The van der Waals surface area contributed by atoms with E-state index >= 15 is 0 Å². The van der Waals surface area contributed by atoms with Crippen LogP contribution >= 0.6 is 0 Å². The van der Waals surface area contributed by atoms with E-state index in [2.05, 4.69) is 49.3 Å². The van der Waals surface area contributed by atoms with E-state index in [1.807, 2.05) is 82.1 Å². The highest BCUT2D eigenvalue weighted by molar-refractivity contribution is 5.91. The highest BCUT2D eigenvalue weighted by Crippen LogP contribution is 2.42. The number of hydrogen-bond acceptors (Lipinski definition) is 15. The van der Waals surface area contributed by atoms with Gasteiger partial charge >= 0.3 is 5.97 Å². The third-order valence-electron chi connectivity index (χ3n) is 14.7. The van der Waals surface area contributed by atoms with Crippen molar-refractivity contribution in [1.29, 1.82) is 0 Å². The molecule has 5 rings (SSSR count). The van der Waals surface area contributed by atoms with E-state index in [4.69, 9.17) is 33.2 Å². The molecule has 0 saturated heterocycles. The number of likely N-dealkylation sites (N-methyl/N-ethyl adjacent to an activating group) is 1. The maximum absolute atomic E-state index is 14.2.